The normalized spacial score (nSPS) is 10.6. The number of hydrogen-bond donors (Lipinski definition) is 0. The van der Waals surface area contributed by atoms with Crippen LogP contribution in [0.2, 0.25) is 0 Å². The Hall–Kier alpha value is -5.04. The maximum atomic E-state index is 13.1. The van der Waals surface area contributed by atoms with E-state index in [-0.39, 0.29) is 5.78 Å². The largest absolute Gasteiger partial charge is 0.493 e. The highest BCUT2D eigenvalue weighted by molar-refractivity contribution is 6.07. The lowest BCUT2D eigenvalue weighted by molar-refractivity contribution is 0.104. The summed E-state index contributed by atoms with van der Waals surface area (Å²) >= 11 is 0. The van der Waals surface area contributed by atoms with Gasteiger partial charge in [-0.1, -0.05) is 42.5 Å². The van der Waals surface area contributed by atoms with Crippen molar-refractivity contribution in [1.82, 2.24) is 0 Å². The number of nitrogens with zero attached hydrogens (tertiary/aromatic N) is 1. The van der Waals surface area contributed by atoms with Crippen LogP contribution in [0, 0.1) is 0 Å². The van der Waals surface area contributed by atoms with Gasteiger partial charge in [-0.25, -0.2) is 9.69 Å². The lowest BCUT2D eigenvalue weighted by Crippen LogP contribution is -2.29. The summed E-state index contributed by atoms with van der Waals surface area (Å²) < 4.78 is 21.7. The molecule has 0 fully saturated rings. The molecule has 0 heterocycles. The molecular weight excluding hydrogens is 482 g/mol. The summed E-state index contributed by atoms with van der Waals surface area (Å²) in [7, 11) is 4.59. The second kappa shape index (κ2) is 12.3. The summed E-state index contributed by atoms with van der Waals surface area (Å²) in [5.41, 5.74) is 2.50. The Morgan fingerprint density at radius 3 is 1.68 bits per heavy atom. The SMILES string of the molecule is COc1cc(C=CC(=O)c2ccc(OC(=O)N(c3ccccc3)c3ccccc3)cc2)cc(OC)c1OC. The van der Waals surface area contributed by atoms with Gasteiger partial charge in [0.2, 0.25) is 5.75 Å². The zero-order valence-electron chi connectivity index (χ0n) is 21.3. The maximum Gasteiger partial charge on any atom is 0.424 e. The number of rotatable bonds is 9. The molecule has 4 aromatic rings. The van der Waals surface area contributed by atoms with Gasteiger partial charge in [0.05, 0.1) is 32.7 Å². The van der Waals surface area contributed by atoms with Crippen molar-refractivity contribution >= 4 is 29.3 Å². The molecule has 4 rings (SSSR count). The minimum atomic E-state index is -0.566. The molecule has 0 atom stereocenters. The van der Waals surface area contributed by atoms with Crippen molar-refractivity contribution in [3.05, 3.63) is 114 Å². The van der Waals surface area contributed by atoms with E-state index in [1.807, 2.05) is 60.7 Å². The summed E-state index contributed by atoms with van der Waals surface area (Å²) in [5.74, 6) is 1.56. The first kappa shape index (κ1) is 26.0. The topological polar surface area (TPSA) is 74.3 Å². The van der Waals surface area contributed by atoms with Crippen LogP contribution in [0.1, 0.15) is 15.9 Å². The molecule has 192 valence electrons. The molecule has 4 aromatic carbocycles. The van der Waals surface area contributed by atoms with Crippen molar-refractivity contribution < 1.29 is 28.5 Å². The van der Waals surface area contributed by atoms with E-state index in [9.17, 15) is 9.59 Å². The smallest absolute Gasteiger partial charge is 0.424 e. The molecule has 0 aliphatic heterocycles. The Morgan fingerprint density at radius 2 is 1.21 bits per heavy atom. The monoisotopic (exact) mass is 509 g/mol. The zero-order valence-corrected chi connectivity index (χ0v) is 21.3. The van der Waals surface area contributed by atoms with Gasteiger partial charge in [-0.05, 0) is 72.3 Å². The van der Waals surface area contributed by atoms with Crippen LogP contribution in [0.25, 0.3) is 6.08 Å². The van der Waals surface area contributed by atoms with Crippen molar-refractivity contribution in [2.45, 2.75) is 0 Å². The highest BCUT2D eigenvalue weighted by Gasteiger charge is 2.20. The fraction of sp³-hybridized carbons (Fsp3) is 0.0968. The van der Waals surface area contributed by atoms with E-state index < -0.39 is 6.09 Å². The fourth-order valence-electron chi connectivity index (χ4n) is 3.81. The number of methoxy groups -OCH3 is 3. The van der Waals surface area contributed by atoms with Crippen LogP contribution in [0.3, 0.4) is 0 Å². The Morgan fingerprint density at radius 1 is 0.684 bits per heavy atom. The second-order valence-corrected chi connectivity index (χ2v) is 8.06. The van der Waals surface area contributed by atoms with Gasteiger partial charge in [-0.15, -0.1) is 0 Å². The Kier molecular flexibility index (Phi) is 8.41. The second-order valence-electron chi connectivity index (χ2n) is 8.06. The molecule has 7 nitrogen and oxygen atoms in total. The van der Waals surface area contributed by atoms with E-state index in [4.69, 9.17) is 18.9 Å². The highest BCUT2D eigenvalue weighted by atomic mass is 16.6. The number of hydrogen-bond acceptors (Lipinski definition) is 6. The van der Waals surface area contributed by atoms with Gasteiger partial charge in [-0.2, -0.15) is 0 Å². The third-order valence-electron chi connectivity index (χ3n) is 5.67. The molecule has 0 saturated carbocycles. The van der Waals surface area contributed by atoms with E-state index >= 15 is 0 Å². The number of benzene rings is 4. The van der Waals surface area contributed by atoms with Gasteiger partial charge in [-0.3, -0.25) is 4.79 Å². The van der Waals surface area contributed by atoms with Crippen LogP contribution in [-0.2, 0) is 0 Å². The van der Waals surface area contributed by atoms with Crippen molar-refractivity contribution in [1.29, 1.82) is 0 Å². The molecule has 0 unspecified atom stereocenters. The van der Waals surface area contributed by atoms with Gasteiger partial charge in [0.25, 0.3) is 0 Å². The van der Waals surface area contributed by atoms with Crippen LogP contribution in [0.5, 0.6) is 23.0 Å². The minimum Gasteiger partial charge on any atom is -0.493 e. The summed E-state index contributed by atoms with van der Waals surface area (Å²) in [5, 5.41) is 0. The standard InChI is InChI=1S/C31H27NO6/c1-35-28-20-22(21-29(36-2)30(28)37-3)14-19-27(33)23-15-17-26(18-16-23)38-31(34)32(24-10-6-4-7-11-24)25-12-8-5-9-13-25/h4-21H,1-3H3. The van der Waals surface area contributed by atoms with E-state index in [1.54, 1.807) is 42.5 Å². The highest BCUT2D eigenvalue weighted by Crippen LogP contribution is 2.38. The Bertz CT molecular complexity index is 1350. The summed E-state index contributed by atoms with van der Waals surface area (Å²) in [6.07, 6.45) is 2.55. The molecule has 1 amide bonds. The minimum absolute atomic E-state index is 0.216. The maximum absolute atomic E-state index is 13.1. The summed E-state index contributed by atoms with van der Waals surface area (Å²) in [6.45, 7) is 0. The molecule has 0 aromatic heterocycles. The number of ether oxygens (including phenoxy) is 4. The molecule has 0 saturated heterocycles. The molecule has 0 aliphatic carbocycles. The van der Waals surface area contributed by atoms with Crippen LogP contribution >= 0.6 is 0 Å². The number of anilines is 2. The van der Waals surface area contributed by atoms with Gasteiger partial charge in [0, 0.05) is 5.56 Å². The van der Waals surface area contributed by atoms with Crippen LogP contribution in [0.4, 0.5) is 16.2 Å². The van der Waals surface area contributed by atoms with Crippen molar-refractivity contribution in [2.75, 3.05) is 26.2 Å². The molecular formula is C31H27NO6. The van der Waals surface area contributed by atoms with Crippen molar-refractivity contribution in [3.8, 4) is 23.0 Å². The number of carbonyl (C=O) groups excluding carboxylic acids is 2. The molecule has 7 heteroatoms. The van der Waals surface area contributed by atoms with Crippen molar-refractivity contribution in [2.24, 2.45) is 0 Å². The van der Waals surface area contributed by atoms with Crippen LogP contribution < -0.4 is 23.8 Å². The van der Waals surface area contributed by atoms with Gasteiger partial charge in [0.15, 0.2) is 17.3 Å². The van der Waals surface area contributed by atoms with Gasteiger partial charge >= 0.3 is 6.09 Å². The number of allylic oxidation sites excluding steroid dienone is 1. The van der Waals surface area contributed by atoms with Crippen molar-refractivity contribution in [3.63, 3.8) is 0 Å². The molecule has 38 heavy (non-hydrogen) atoms. The molecule has 0 aliphatic rings. The number of ketones is 1. The predicted octanol–water partition coefficient (Wildman–Crippen LogP) is 6.95. The third-order valence-corrected chi connectivity index (χ3v) is 5.67. The van der Waals surface area contributed by atoms with E-state index in [0.29, 0.717) is 45.5 Å². The molecule has 0 radical (unpaired) electrons. The molecule has 0 N–H and O–H groups in total. The zero-order chi connectivity index (χ0) is 26.9. The average Bonchev–Trinajstić information content (AvgIpc) is 2.96. The van der Waals surface area contributed by atoms with Gasteiger partial charge in [0.1, 0.15) is 5.75 Å². The molecule has 0 spiro atoms. The summed E-state index contributed by atoms with van der Waals surface area (Å²) in [6, 6.07) is 28.4. The lowest BCUT2D eigenvalue weighted by atomic mass is 10.1. The number of para-hydroxylation sites is 2. The first-order valence-corrected chi connectivity index (χ1v) is 11.8. The first-order valence-electron chi connectivity index (χ1n) is 11.8. The Labute approximate surface area is 221 Å². The quantitative estimate of drug-likeness (QED) is 0.180. The molecule has 0 bridgehead atoms. The van der Waals surface area contributed by atoms with E-state index in [0.717, 1.165) is 0 Å². The third kappa shape index (κ3) is 6.02. The van der Waals surface area contributed by atoms with Crippen LogP contribution in [-0.4, -0.2) is 33.2 Å². The first-order chi connectivity index (χ1) is 18.5. The number of amides is 1. The lowest BCUT2D eigenvalue weighted by Gasteiger charge is -2.22. The van der Waals surface area contributed by atoms with E-state index in [1.165, 1.54) is 32.3 Å². The van der Waals surface area contributed by atoms with Crippen LogP contribution in [0.15, 0.2) is 103 Å². The fourth-order valence-corrected chi connectivity index (χ4v) is 3.81. The van der Waals surface area contributed by atoms with Gasteiger partial charge < -0.3 is 18.9 Å². The average molecular weight is 510 g/mol. The summed E-state index contributed by atoms with van der Waals surface area (Å²) in [4.78, 5) is 27.4. The number of carbonyl (C=O) groups is 2. The Balaban J connectivity index is 1.48. The van der Waals surface area contributed by atoms with E-state index in [2.05, 4.69) is 0 Å². The predicted molar refractivity (Wildman–Crippen MR) is 147 cm³/mol.